The molecule has 1 atom stereocenters. The van der Waals surface area contributed by atoms with E-state index < -0.39 is 0 Å². The Morgan fingerprint density at radius 2 is 2.05 bits per heavy atom. The second-order valence-electron chi connectivity index (χ2n) is 4.69. The van der Waals surface area contributed by atoms with Crippen LogP contribution in [0.3, 0.4) is 0 Å². The molecule has 3 N–H and O–H groups in total. The van der Waals surface area contributed by atoms with Crippen LogP contribution in [0.5, 0.6) is 5.75 Å². The van der Waals surface area contributed by atoms with Gasteiger partial charge >= 0.3 is 0 Å². The van der Waals surface area contributed by atoms with E-state index >= 15 is 0 Å². The van der Waals surface area contributed by atoms with Gasteiger partial charge in [-0.2, -0.15) is 0 Å². The molecule has 0 aliphatic rings. The van der Waals surface area contributed by atoms with Crippen molar-refractivity contribution in [2.45, 2.75) is 13.0 Å². The molecule has 0 saturated carbocycles. The number of halogens is 1. The number of benzene rings is 2. The number of rotatable bonds is 5. The summed E-state index contributed by atoms with van der Waals surface area (Å²) >= 11 is 3.61. The van der Waals surface area contributed by atoms with Crippen LogP contribution in [0.15, 0.2) is 46.9 Å². The van der Waals surface area contributed by atoms with Gasteiger partial charge in [0.25, 0.3) is 0 Å². The lowest BCUT2D eigenvalue weighted by molar-refractivity contribution is 0.415. The van der Waals surface area contributed by atoms with Gasteiger partial charge in [-0.1, -0.05) is 34.1 Å². The maximum Gasteiger partial charge on any atom is 0.120 e. The molecule has 0 heterocycles. The zero-order chi connectivity index (χ0) is 14.5. The minimum absolute atomic E-state index is 0.0529. The molecule has 0 radical (unpaired) electrons. The summed E-state index contributed by atoms with van der Waals surface area (Å²) in [5.41, 5.74) is 9.28. The zero-order valence-corrected chi connectivity index (χ0v) is 13.3. The molecule has 106 valence electrons. The van der Waals surface area contributed by atoms with Crippen LogP contribution < -0.4 is 15.8 Å². The third-order valence-electron chi connectivity index (χ3n) is 3.18. The summed E-state index contributed by atoms with van der Waals surface area (Å²) in [6.07, 6.45) is 0. The van der Waals surface area contributed by atoms with E-state index in [1.165, 1.54) is 5.56 Å². The van der Waals surface area contributed by atoms with E-state index in [1.54, 1.807) is 7.11 Å². The molecule has 0 bridgehead atoms. The van der Waals surface area contributed by atoms with Gasteiger partial charge in [0, 0.05) is 22.8 Å². The highest BCUT2D eigenvalue weighted by Gasteiger charge is 2.13. The molecule has 4 heteroatoms. The Hall–Kier alpha value is -1.52. The lowest BCUT2D eigenvalue weighted by Crippen LogP contribution is -2.21. The van der Waals surface area contributed by atoms with Gasteiger partial charge < -0.3 is 15.8 Å². The number of nitrogens with two attached hydrogens (primary N) is 1. The maximum absolute atomic E-state index is 5.92. The lowest BCUT2D eigenvalue weighted by Gasteiger charge is -2.20. The van der Waals surface area contributed by atoms with Crippen molar-refractivity contribution in [3.8, 4) is 5.75 Å². The molecular weight excluding hydrogens is 316 g/mol. The summed E-state index contributed by atoms with van der Waals surface area (Å²) < 4.78 is 6.31. The molecule has 0 spiro atoms. The fourth-order valence-electron chi connectivity index (χ4n) is 2.09. The van der Waals surface area contributed by atoms with Crippen LogP contribution in [0.1, 0.15) is 17.2 Å². The summed E-state index contributed by atoms with van der Waals surface area (Å²) in [5.74, 6) is 0.828. The van der Waals surface area contributed by atoms with E-state index in [9.17, 15) is 0 Å². The second kappa shape index (κ2) is 6.77. The van der Waals surface area contributed by atoms with Crippen molar-refractivity contribution in [2.24, 2.45) is 5.73 Å². The van der Waals surface area contributed by atoms with E-state index in [-0.39, 0.29) is 6.04 Å². The van der Waals surface area contributed by atoms with Crippen LogP contribution in [-0.4, -0.2) is 13.7 Å². The summed E-state index contributed by atoms with van der Waals surface area (Å²) in [7, 11) is 1.66. The highest BCUT2D eigenvalue weighted by atomic mass is 79.9. The Kier molecular flexibility index (Phi) is 5.04. The molecule has 2 rings (SSSR count). The fraction of sp³-hybridized carbons (Fsp3) is 0.250. The van der Waals surface area contributed by atoms with Gasteiger partial charge in [0.05, 0.1) is 13.2 Å². The molecule has 3 nitrogen and oxygen atoms in total. The quantitative estimate of drug-likeness (QED) is 0.872. The SMILES string of the molecule is COc1cccc(NC(CN)c2ccc(C)cc2Br)c1. The topological polar surface area (TPSA) is 47.3 Å². The molecule has 2 aromatic carbocycles. The number of hydrogen-bond acceptors (Lipinski definition) is 3. The first-order chi connectivity index (χ1) is 9.63. The Labute approximate surface area is 128 Å². The minimum Gasteiger partial charge on any atom is -0.497 e. The number of nitrogens with one attached hydrogen (secondary N) is 1. The van der Waals surface area contributed by atoms with E-state index in [2.05, 4.69) is 46.4 Å². The number of methoxy groups -OCH3 is 1. The monoisotopic (exact) mass is 334 g/mol. The summed E-state index contributed by atoms with van der Waals surface area (Å²) in [4.78, 5) is 0. The number of aryl methyl sites for hydroxylation is 1. The van der Waals surface area contributed by atoms with Gasteiger partial charge in [0.2, 0.25) is 0 Å². The van der Waals surface area contributed by atoms with E-state index in [0.29, 0.717) is 6.54 Å². The zero-order valence-electron chi connectivity index (χ0n) is 11.7. The smallest absolute Gasteiger partial charge is 0.120 e. The molecule has 0 fully saturated rings. The van der Waals surface area contributed by atoms with Gasteiger partial charge in [-0.3, -0.25) is 0 Å². The average molecular weight is 335 g/mol. The van der Waals surface area contributed by atoms with Gasteiger partial charge in [-0.25, -0.2) is 0 Å². The van der Waals surface area contributed by atoms with Crippen molar-refractivity contribution in [2.75, 3.05) is 19.0 Å². The van der Waals surface area contributed by atoms with Crippen LogP contribution >= 0.6 is 15.9 Å². The Morgan fingerprint density at radius 1 is 1.25 bits per heavy atom. The summed E-state index contributed by atoms with van der Waals surface area (Å²) in [5, 5.41) is 3.44. The highest BCUT2D eigenvalue weighted by Crippen LogP contribution is 2.28. The molecule has 0 saturated heterocycles. The van der Waals surface area contributed by atoms with Crippen LogP contribution in [0.25, 0.3) is 0 Å². The minimum atomic E-state index is 0.0529. The molecular formula is C16H19BrN2O. The van der Waals surface area contributed by atoms with Crippen molar-refractivity contribution in [3.63, 3.8) is 0 Å². The first-order valence-electron chi connectivity index (χ1n) is 6.50. The molecule has 0 amide bonds. The van der Waals surface area contributed by atoms with E-state index in [1.807, 2.05) is 24.3 Å². The van der Waals surface area contributed by atoms with Crippen molar-refractivity contribution in [1.29, 1.82) is 0 Å². The Bertz CT molecular complexity index is 586. The Morgan fingerprint density at radius 3 is 2.70 bits per heavy atom. The number of anilines is 1. The van der Waals surface area contributed by atoms with Crippen LogP contribution in [-0.2, 0) is 0 Å². The van der Waals surface area contributed by atoms with Crippen LogP contribution in [0.2, 0.25) is 0 Å². The summed E-state index contributed by atoms with van der Waals surface area (Å²) in [6, 6.07) is 14.2. The van der Waals surface area contributed by atoms with Gasteiger partial charge in [-0.05, 0) is 36.2 Å². The molecule has 0 aliphatic carbocycles. The standard InChI is InChI=1S/C16H19BrN2O/c1-11-6-7-14(15(17)8-11)16(10-18)19-12-4-3-5-13(9-12)20-2/h3-9,16,19H,10,18H2,1-2H3. The van der Waals surface area contributed by atoms with Crippen molar-refractivity contribution >= 4 is 21.6 Å². The molecule has 0 aromatic heterocycles. The van der Waals surface area contributed by atoms with Crippen molar-refractivity contribution in [1.82, 2.24) is 0 Å². The largest absolute Gasteiger partial charge is 0.497 e. The highest BCUT2D eigenvalue weighted by molar-refractivity contribution is 9.10. The van der Waals surface area contributed by atoms with E-state index in [0.717, 1.165) is 21.5 Å². The van der Waals surface area contributed by atoms with Crippen LogP contribution in [0, 0.1) is 6.92 Å². The lowest BCUT2D eigenvalue weighted by atomic mass is 10.0. The number of ether oxygens (including phenoxy) is 1. The van der Waals surface area contributed by atoms with Gasteiger partial charge in [-0.15, -0.1) is 0 Å². The normalized spacial score (nSPS) is 12.0. The maximum atomic E-state index is 5.92. The van der Waals surface area contributed by atoms with Crippen molar-refractivity contribution in [3.05, 3.63) is 58.1 Å². The van der Waals surface area contributed by atoms with Crippen molar-refractivity contribution < 1.29 is 4.74 Å². The first kappa shape index (κ1) is 14.9. The second-order valence-corrected chi connectivity index (χ2v) is 5.54. The van der Waals surface area contributed by atoms with Gasteiger partial charge in [0.1, 0.15) is 5.75 Å². The average Bonchev–Trinajstić information content (AvgIpc) is 2.45. The van der Waals surface area contributed by atoms with Gasteiger partial charge in [0.15, 0.2) is 0 Å². The Balaban J connectivity index is 2.23. The first-order valence-corrected chi connectivity index (χ1v) is 7.30. The predicted molar refractivity (Wildman–Crippen MR) is 87.3 cm³/mol. The molecule has 20 heavy (non-hydrogen) atoms. The molecule has 0 aliphatic heterocycles. The molecule has 2 aromatic rings. The third kappa shape index (κ3) is 3.52. The number of hydrogen-bond donors (Lipinski definition) is 2. The van der Waals surface area contributed by atoms with E-state index in [4.69, 9.17) is 10.5 Å². The fourth-order valence-corrected chi connectivity index (χ4v) is 2.86. The van der Waals surface area contributed by atoms with Crippen LogP contribution in [0.4, 0.5) is 5.69 Å². The molecule has 1 unspecified atom stereocenters. The summed E-state index contributed by atoms with van der Waals surface area (Å²) in [6.45, 7) is 2.58. The third-order valence-corrected chi connectivity index (χ3v) is 3.86. The predicted octanol–water partition coefficient (Wildman–Crippen LogP) is 3.88.